The maximum absolute atomic E-state index is 12.4. The highest BCUT2D eigenvalue weighted by Gasteiger charge is 2.30. The number of benzene rings is 1. The number of hydrogen-bond donors (Lipinski definition) is 2. The molecule has 4 nitrogen and oxygen atoms in total. The highest BCUT2D eigenvalue weighted by atomic mass is 16.3. The van der Waals surface area contributed by atoms with Crippen LogP contribution in [0.1, 0.15) is 36.0 Å². The van der Waals surface area contributed by atoms with E-state index in [-0.39, 0.29) is 11.7 Å². The van der Waals surface area contributed by atoms with Crippen molar-refractivity contribution in [2.45, 2.75) is 31.7 Å². The van der Waals surface area contributed by atoms with Crippen LogP contribution in [0, 0.1) is 5.92 Å². The molecular formula is C16H22N2O2. The Labute approximate surface area is 119 Å². The molecule has 4 heteroatoms. The predicted octanol–water partition coefficient (Wildman–Crippen LogP) is 2.00. The number of nitrogens with zero attached hydrogens (tertiary/aromatic N) is 1. The van der Waals surface area contributed by atoms with Gasteiger partial charge in [0.25, 0.3) is 5.91 Å². The van der Waals surface area contributed by atoms with Crippen molar-refractivity contribution >= 4 is 5.91 Å². The van der Waals surface area contributed by atoms with Crippen molar-refractivity contribution in [3.8, 4) is 5.75 Å². The van der Waals surface area contributed by atoms with Crippen LogP contribution in [0.4, 0.5) is 0 Å². The van der Waals surface area contributed by atoms with Crippen molar-refractivity contribution in [3.05, 3.63) is 29.8 Å². The monoisotopic (exact) mass is 274 g/mol. The highest BCUT2D eigenvalue weighted by Crippen LogP contribution is 2.27. The van der Waals surface area contributed by atoms with Crippen LogP contribution in [-0.4, -0.2) is 41.6 Å². The van der Waals surface area contributed by atoms with Gasteiger partial charge < -0.3 is 15.3 Å². The normalized spacial score (nSPS) is 24.0. The summed E-state index contributed by atoms with van der Waals surface area (Å²) in [5.74, 6) is 0.740. The number of amides is 1. The molecule has 0 aliphatic carbocycles. The number of hydrogen-bond acceptors (Lipinski definition) is 3. The molecule has 2 aliphatic rings. The number of carbonyl (C=O) groups excluding carboxylic acids is 1. The smallest absolute Gasteiger partial charge is 0.257 e. The van der Waals surface area contributed by atoms with Gasteiger partial charge >= 0.3 is 0 Å². The molecule has 1 unspecified atom stereocenters. The summed E-state index contributed by atoms with van der Waals surface area (Å²) in [6.07, 6.45) is 4.69. The van der Waals surface area contributed by atoms with E-state index in [4.69, 9.17) is 0 Å². The average Bonchev–Trinajstić information content (AvgIpc) is 3.01. The first-order valence-electron chi connectivity index (χ1n) is 7.56. The van der Waals surface area contributed by atoms with Crippen LogP contribution in [0.15, 0.2) is 24.3 Å². The topological polar surface area (TPSA) is 52.6 Å². The third-order valence-electron chi connectivity index (χ3n) is 4.63. The molecule has 0 aromatic heterocycles. The number of para-hydroxylation sites is 1. The number of carbonyl (C=O) groups is 1. The van der Waals surface area contributed by atoms with Gasteiger partial charge in [0.2, 0.25) is 0 Å². The number of rotatable bonds is 2. The summed E-state index contributed by atoms with van der Waals surface area (Å²) in [4.78, 5) is 14.3. The number of piperidine rings is 1. The van der Waals surface area contributed by atoms with Crippen LogP contribution in [0.3, 0.4) is 0 Å². The van der Waals surface area contributed by atoms with E-state index in [0.29, 0.717) is 17.5 Å². The van der Waals surface area contributed by atoms with Gasteiger partial charge in [-0.05, 0) is 50.3 Å². The largest absolute Gasteiger partial charge is 0.507 e. The van der Waals surface area contributed by atoms with Crippen molar-refractivity contribution in [2.24, 2.45) is 5.92 Å². The number of phenolic OH excluding ortho intramolecular Hbond substituents is 1. The fraction of sp³-hybridized carbons (Fsp3) is 0.562. The van der Waals surface area contributed by atoms with Crippen LogP contribution >= 0.6 is 0 Å². The zero-order chi connectivity index (χ0) is 13.9. The van der Waals surface area contributed by atoms with Crippen LogP contribution in [-0.2, 0) is 0 Å². The summed E-state index contributed by atoms with van der Waals surface area (Å²) in [7, 11) is 0. The molecule has 1 amide bonds. The molecule has 1 aromatic carbocycles. The van der Waals surface area contributed by atoms with Gasteiger partial charge in [0.1, 0.15) is 5.75 Å². The number of likely N-dealkylation sites (tertiary alicyclic amines) is 1. The molecule has 0 radical (unpaired) electrons. The fourth-order valence-electron chi connectivity index (χ4n) is 3.44. The van der Waals surface area contributed by atoms with Gasteiger partial charge in [-0.2, -0.15) is 0 Å². The number of phenols is 1. The third kappa shape index (κ3) is 2.66. The lowest BCUT2D eigenvalue weighted by atomic mass is 9.88. The van der Waals surface area contributed by atoms with E-state index >= 15 is 0 Å². The van der Waals surface area contributed by atoms with E-state index in [1.165, 1.54) is 12.8 Å². The van der Waals surface area contributed by atoms with Gasteiger partial charge in [-0.3, -0.25) is 4.79 Å². The lowest BCUT2D eigenvalue weighted by Crippen LogP contribution is -2.43. The molecular weight excluding hydrogens is 252 g/mol. The fourth-order valence-corrected chi connectivity index (χ4v) is 3.44. The first-order valence-corrected chi connectivity index (χ1v) is 7.56. The molecule has 2 aliphatic heterocycles. The van der Waals surface area contributed by atoms with E-state index in [9.17, 15) is 9.90 Å². The molecule has 108 valence electrons. The van der Waals surface area contributed by atoms with Gasteiger partial charge in [0, 0.05) is 19.1 Å². The Bertz CT molecular complexity index is 475. The average molecular weight is 274 g/mol. The molecule has 0 saturated carbocycles. The first kappa shape index (κ1) is 13.4. The first-order chi connectivity index (χ1) is 9.75. The molecule has 1 aromatic rings. The van der Waals surface area contributed by atoms with Gasteiger partial charge in [-0.1, -0.05) is 12.1 Å². The van der Waals surface area contributed by atoms with Gasteiger partial charge in [0.15, 0.2) is 0 Å². The summed E-state index contributed by atoms with van der Waals surface area (Å²) in [5, 5.41) is 13.3. The molecule has 2 fully saturated rings. The summed E-state index contributed by atoms with van der Waals surface area (Å²) in [5.41, 5.74) is 0.421. The minimum Gasteiger partial charge on any atom is -0.507 e. The van der Waals surface area contributed by atoms with E-state index in [2.05, 4.69) is 5.32 Å². The van der Waals surface area contributed by atoms with Crippen molar-refractivity contribution in [3.63, 3.8) is 0 Å². The molecule has 2 heterocycles. The van der Waals surface area contributed by atoms with E-state index in [1.54, 1.807) is 24.3 Å². The Morgan fingerprint density at radius 2 is 1.95 bits per heavy atom. The lowest BCUT2D eigenvalue weighted by molar-refractivity contribution is 0.0671. The zero-order valence-corrected chi connectivity index (χ0v) is 11.7. The molecule has 1 atom stereocenters. The Morgan fingerprint density at radius 3 is 2.60 bits per heavy atom. The lowest BCUT2D eigenvalue weighted by Gasteiger charge is -2.35. The molecule has 0 bridgehead atoms. The second-order valence-corrected chi connectivity index (χ2v) is 5.85. The Morgan fingerprint density at radius 1 is 1.20 bits per heavy atom. The Kier molecular flexibility index (Phi) is 3.92. The van der Waals surface area contributed by atoms with Crippen LogP contribution < -0.4 is 5.32 Å². The second-order valence-electron chi connectivity index (χ2n) is 5.85. The molecule has 20 heavy (non-hydrogen) atoms. The highest BCUT2D eigenvalue weighted by molar-refractivity contribution is 5.96. The van der Waals surface area contributed by atoms with Gasteiger partial charge in [0.05, 0.1) is 5.56 Å². The second kappa shape index (κ2) is 5.83. The van der Waals surface area contributed by atoms with Crippen molar-refractivity contribution in [1.29, 1.82) is 0 Å². The number of nitrogens with one attached hydrogen (secondary N) is 1. The summed E-state index contributed by atoms with van der Waals surface area (Å²) in [6, 6.07) is 7.45. The zero-order valence-electron chi connectivity index (χ0n) is 11.7. The minimum absolute atomic E-state index is 0.0408. The molecule has 2 saturated heterocycles. The van der Waals surface area contributed by atoms with E-state index in [1.807, 2.05) is 4.90 Å². The summed E-state index contributed by atoms with van der Waals surface area (Å²) < 4.78 is 0. The summed E-state index contributed by atoms with van der Waals surface area (Å²) in [6.45, 7) is 2.74. The van der Waals surface area contributed by atoms with Crippen molar-refractivity contribution < 1.29 is 9.90 Å². The standard InChI is InChI=1S/C16H22N2O2/c19-15-6-2-1-4-13(15)16(20)18-10-7-12(8-11-18)14-5-3-9-17-14/h1-2,4,6,12,14,17,19H,3,5,7-11H2. The maximum atomic E-state index is 12.4. The Balaban J connectivity index is 1.60. The van der Waals surface area contributed by atoms with Crippen molar-refractivity contribution in [1.82, 2.24) is 10.2 Å². The van der Waals surface area contributed by atoms with Gasteiger partial charge in [-0.25, -0.2) is 0 Å². The van der Waals surface area contributed by atoms with Crippen LogP contribution in [0.25, 0.3) is 0 Å². The summed E-state index contributed by atoms with van der Waals surface area (Å²) >= 11 is 0. The van der Waals surface area contributed by atoms with Crippen LogP contribution in [0.5, 0.6) is 5.75 Å². The SMILES string of the molecule is O=C(c1ccccc1O)N1CCC(C2CCCN2)CC1. The Hall–Kier alpha value is -1.55. The van der Waals surface area contributed by atoms with Gasteiger partial charge in [-0.15, -0.1) is 0 Å². The van der Waals surface area contributed by atoms with E-state index in [0.717, 1.165) is 32.5 Å². The van der Waals surface area contributed by atoms with Crippen molar-refractivity contribution in [2.75, 3.05) is 19.6 Å². The predicted molar refractivity (Wildman–Crippen MR) is 77.8 cm³/mol. The molecule has 0 spiro atoms. The third-order valence-corrected chi connectivity index (χ3v) is 4.63. The number of aromatic hydroxyl groups is 1. The molecule has 3 rings (SSSR count). The minimum atomic E-state index is -0.0408. The molecule has 2 N–H and O–H groups in total. The van der Waals surface area contributed by atoms with Crippen LogP contribution in [0.2, 0.25) is 0 Å². The maximum Gasteiger partial charge on any atom is 0.257 e. The quantitative estimate of drug-likeness (QED) is 0.867. The van der Waals surface area contributed by atoms with E-state index < -0.39 is 0 Å².